The highest BCUT2D eigenvalue weighted by Crippen LogP contribution is 2.17. The van der Waals surface area contributed by atoms with Gasteiger partial charge in [-0.1, -0.05) is 6.92 Å². The quantitative estimate of drug-likeness (QED) is 0.870. The van der Waals surface area contributed by atoms with Gasteiger partial charge in [-0.3, -0.25) is 4.79 Å². The van der Waals surface area contributed by atoms with Crippen molar-refractivity contribution in [3.8, 4) is 0 Å². The van der Waals surface area contributed by atoms with Crippen LogP contribution in [0.1, 0.15) is 30.6 Å². The second kappa shape index (κ2) is 5.39. The minimum atomic E-state index is -1.28. The number of amides is 1. The zero-order valence-corrected chi connectivity index (χ0v) is 10.1. The van der Waals surface area contributed by atoms with Crippen LogP contribution < -0.4 is 5.32 Å². The molecular weight excluding hydrogens is 247 g/mol. The molecule has 1 rings (SSSR count). The van der Waals surface area contributed by atoms with E-state index in [4.69, 9.17) is 5.11 Å². The molecular formula is C12H14F3NO2. The molecule has 18 heavy (non-hydrogen) atoms. The molecule has 0 fully saturated rings. The van der Waals surface area contributed by atoms with Crippen molar-refractivity contribution in [2.24, 2.45) is 0 Å². The van der Waals surface area contributed by atoms with Gasteiger partial charge in [0.05, 0.1) is 12.1 Å². The van der Waals surface area contributed by atoms with E-state index in [1.807, 2.05) is 0 Å². The van der Waals surface area contributed by atoms with Crippen LogP contribution in [0.25, 0.3) is 0 Å². The second-order valence-corrected chi connectivity index (χ2v) is 4.27. The van der Waals surface area contributed by atoms with E-state index in [2.05, 4.69) is 5.32 Å². The van der Waals surface area contributed by atoms with Crippen LogP contribution in [0.5, 0.6) is 0 Å². The predicted molar refractivity (Wildman–Crippen MR) is 59.6 cm³/mol. The molecule has 3 nitrogen and oxygen atoms in total. The molecule has 1 aromatic carbocycles. The van der Waals surface area contributed by atoms with E-state index >= 15 is 0 Å². The van der Waals surface area contributed by atoms with Gasteiger partial charge in [0.15, 0.2) is 0 Å². The molecule has 1 unspecified atom stereocenters. The van der Waals surface area contributed by atoms with Crippen LogP contribution in [0.4, 0.5) is 13.2 Å². The Labute approximate surface area is 103 Å². The molecule has 0 aromatic heterocycles. The van der Waals surface area contributed by atoms with Crippen molar-refractivity contribution in [1.82, 2.24) is 5.32 Å². The Balaban J connectivity index is 3.05. The minimum Gasteiger partial charge on any atom is -0.394 e. The van der Waals surface area contributed by atoms with E-state index in [1.54, 1.807) is 6.92 Å². The summed E-state index contributed by atoms with van der Waals surface area (Å²) < 4.78 is 39.4. The Morgan fingerprint density at radius 1 is 1.33 bits per heavy atom. The molecule has 0 spiro atoms. The fourth-order valence-corrected chi connectivity index (χ4v) is 1.34. The van der Waals surface area contributed by atoms with E-state index in [0.29, 0.717) is 18.6 Å². The Kier molecular flexibility index (Phi) is 4.34. The van der Waals surface area contributed by atoms with E-state index in [1.165, 1.54) is 6.92 Å². The number of hydrogen-bond acceptors (Lipinski definition) is 2. The molecule has 1 amide bonds. The number of carbonyl (C=O) groups excluding carboxylic acids is 1. The van der Waals surface area contributed by atoms with Gasteiger partial charge in [0.1, 0.15) is 23.0 Å². The normalized spacial score (nSPS) is 14.1. The lowest BCUT2D eigenvalue weighted by molar-refractivity contribution is 0.0838. The SMILES string of the molecule is CCC(C)(CO)NC(=O)c1c(F)cc(F)cc1F. The first-order chi connectivity index (χ1) is 8.33. The van der Waals surface area contributed by atoms with Gasteiger partial charge in [0.25, 0.3) is 5.91 Å². The van der Waals surface area contributed by atoms with E-state index < -0.39 is 34.5 Å². The summed E-state index contributed by atoms with van der Waals surface area (Å²) in [5.74, 6) is -4.67. The molecule has 0 aliphatic heterocycles. The molecule has 2 N–H and O–H groups in total. The topological polar surface area (TPSA) is 49.3 Å². The summed E-state index contributed by atoms with van der Waals surface area (Å²) in [6.45, 7) is 2.86. The summed E-state index contributed by atoms with van der Waals surface area (Å²) in [7, 11) is 0. The number of halogens is 3. The predicted octanol–water partition coefficient (Wildman–Crippen LogP) is 1.99. The van der Waals surface area contributed by atoms with E-state index in [0.717, 1.165) is 0 Å². The first-order valence-electron chi connectivity index (χ1n) is 5.41. The van der Waals surface area contributed by atoms with Crippen molar-refractivity contribution in [1.29, 1.82) is 0 Å². The highest BCUT2D eigenvalue weighted by atomic mass is 19.1. The molecule has 0 aliphatic carbocycles. The third-order valence-corrected chi connectivity index (χ3v) is 2.78. The van der Waals surface area contributed by atoms with Crippen molar-refractivity contribution in [2.75, 3.05) is 6.61 Å². The molecule has 0 aliphatic rings. The number of aliphatic hydroxyl groups excluding tert-OH is 1. The molecule has 100 valence electrons. The maximum absolute atomic E-state index is 13.3. The molecule has 0 heterocycles. The van der Waals surface area contributed by atoms with Crippen molar-refractivity contribution in [3.63, 3.8) is 0 Å². The molecule has 0 saturated carbocycles. The molecule has 1 aromatic rings. The molecule has 1 atom stereocenters. The summed E-state index contributed by atoms with van der Waals surface area (Å²) in [6, 6.07) is 0.862. The smallest absolute Gasteiger partial charge is 0.257 e. The van der Waals surface area contributed by atoms with Crippen LogP contribution in [0.3, 0.4) is 0 Å². The third kappa shape index (κ3) is 3.01. The maximum Gasteiger partial charge on any atom is 0.257 e. The van der Waals surface area contributed by atoms with Gasteiger partial charge in [0, 0.05) is 12.1 Å². The lowest BCUT2D eigenvalue weighted by Crippen LogP contribution is -2.48. The van der Waals surface area contributed by atoms with Gasteiger partial charge in [-0.25, -0.2) is 13.2 Å². The zero-order chi connectivity index (χ0) is 13.9. The van der Waals surface area contributed by atoms with Crippen molar-refractivity contribution < 1.29 is 23.1 Å². The van der Waals surface area contributed by atoms with Crippen LogP contribution in [-0.2, 0) is 0 Å². The van der Waals surface area contributed by atoms with Crippen LogP contribution in [-0.4, -0.2) is 23.2 Å². The Morgan fingerprint density at radius 3 is 2.22 bits per heavy atom. The number of hydrogen-bond donors (Lipinski definition) is 2. The largest absolute Gasteiger partial charge is 0.394 e. The Morgan fingerprint density at radius 2 is 1.83 bits per heavy atom. The number of carbonyl (C=O) groups is 1. The first-order valence-corrected chi connectivity index (χ1v) is 5.41. The first kappa shape index (κ1) is 14.5. The summed E-state index contributed by atoms with van der Waals surface area (Å²) in [5, 5.41) is 11.4. The molecule has 0 bridgehead atoms. The number of benzene rings is 1. The summed E-state index contributed by atoms with van der Waals surface area (Å²) in [6.07, 6.45) is 0.375. The lowest BCUT2D eigenvalue weighted by Gasteiger charge is -2.27. The van der Waals surface area contributed by atoms with Crippen molar-refractivity contribution >= 4 is 5.91 Å². The standard InChI is InChI=1S/C12H14F3NO2/c1-3-12(2,6-17)16-11(18)10-8(14)4-7(13)5-9(10)15/h4-5,17H,3,6H2,1-2H3,(H,16,18). The monoisotopic (exact) mass is 261 g/mol. The summed E-state index contributed by atoms with van der Waals surface area (Å²) in [5.41, 5.74) is -1.84. The van der Waals surface area contributed by atoms with Gasteiger partial charge >= 0.3 is 0 Å². The number of nitrogens with one attached hydrogen (secondary N) is 1. The van der Waals surface area contributed by atoms with Crippen LogP contribution >= 0.6 is 0 Å². The average molecular weight is 261 g/mol. The fourth-order valence-electron chi connectivity index (χ4n) is 1.34. The van der Waals surface area contributed by atoms with Gasteiger partial charge in [-0.05, 0) is 13.3 Å². The van der Waals surface area contributed by atoms with Crippen LogP contribution in [0.2, 0.25) is 0 Å². The van der Waals surface area contributed by atoms with Crippen molar-refractivity contribution in [3.05, 3.63) is 35.1 Å². The van der Waals surface area contributed by atoms with Gasteiger partial charge in [0.2, 0.25) is 0 Å². The van der Waals surface area contributed by atoms with E-state index in [-0.39, 0.29) is 6.61 Å². The average Bonchev–Trinajstić information content (AvgIpc) is 2.27. The summed E-state index contributed by atoms with van der Waals surface area (Å²) in [4.78, 5) is 11.7. The van der Waals surface area contributed by atoms with Crippen LogP contribution in [0, 0.1) is 17.5 Å². The fraction of sp³-hybridized carbons (Fsp3) is 0.417. The van der Waals surface area contributed by atoms with E-state index in [9.17, 15) is 18.0 Å². The van der Waals surface area contributed by atoms with Crippen LogP contribution in [0.15, 0.2) is 12.1 Å². The highest BCUT2D eigenvalue weighted by molar-refractivity contribution is 5.95. The van der Waals surface area contributed by atoms with Crippen molar-refractivity contribution in [2.45, 2.75) is 25.8 Å². The molecule has 6 heteroatoms. The third-order valence-electron chi connectivity index (χ3n) is 2.78. The Bertz CT molecular complexity index is 436. The number of rotatable bonds is 4. The van der Waals surface area contributed by atoms with Gasteiger partial charge in [-0.2, -0.15) is 0 Å². The lowest BCUT2D eigenvalue weighted by atomic mass is 9.99. The minimum absolute atomic E-state index is 0.375. The molecule has 0 saturated heterocycles. The molecule has 0 radical (unpaired) electrons. The Hall–Kier alpha value is -1.56. The number of aliphatic hydroxyl groups is 1. The second-order valence-electron chi connectivity index (χ2n) is 4.27. The summed E-state index contributed by atoms with van der Waals surface area (Å²) >= 11 is 0. The zero-order valence-electron chi connectivity index (χ0n) is 10.1. The van der Waals surface area contributed by atoms with Gasteiger partial charge < -0.3 is 10.4 Å². The van der Waals surface area contributed by atoms with Gasteiger partial charge in [-0.15, -0.1) is 0 Å². The highest BCUT2D eigenvalue weighted by Gasteiger charge is 2.27. The maximum atomic E-state index is 13.3.